The van der Waals surface area contributed by atoms with E-state index in [9.17, 15) is 4.79 Å². The van der Waals surface area contributed by atoms with Crippen LogP contribution in [0.1, 0.15) is 4.88 Å². The van der Waals surface area contributed by atoms with Crippen molar-refractivity contribution in [2.45, 2.75) is 6.54 Å². The quantitative estimate of drug-likeness (QED) is 0.872. The van der Waals surface area contributed by atoms with E-state index < -0.39 is 0 Å². The molecule has 0 spiro atoms. The number of benzene rings is 1. The van der Waals surface area contributed by atoms with Crippen molar-refractivity contribution in [3.8, 4) is 5.75 Å². The molecule has 2 heterocycles. The SMILES string of the molecule is COc1ccc(N2CCN(CC(=O)NCc3cccs3)CC2)cc1. The monoisotopic (exact) mass is 345 g/mol. The highest BCUT2D eigenvalue weighted by atomic mass is 32.1. The van der Waals surface area contributed by atoms with Gasteiger partial charge in [0.05, 0.1) is 20.2 Å². The third kappa shape index (κ3) is 4.49. The first-order chi connectivity index (χ1) is 11.7. The largest absolute Gasteiger partial charge is 0.497 e. The number of amides is 1. The Kier molecular flexibility index (Phi) is 5.72. The number of methoxy groups -OCH3 is 1. The van der Waals surface area contributed by atoms with Crippen LogP contribution in [0.2, 0.25) is 0 Å². The van der Waals surface area contributed by atoms with Crippen LogP contribution < -0.4 is 15.0 Å². The molecular formula is C18H23N3O2S. The number of carbonyl (C=O) groups excluding carboxylic acids is 1. The molecule has 1 N–H and O–H groups in total. The summed E-state index contributed by atoms with van der Waals surface area (Å²) in [4.78, 5) is 17.8. The van der Waals surface area contributed by atoms with E-state index in [1.165, 1.54) is 10.6 Å². The van der Waals surface area contributed by atoms with Gasteiger partial charge < -0.3 is 15.0 Å². The third-order valence-corrected chi connectivity index (χ3v) is 5.09. The Hall–Kier alpha value is -2.05. The molecule has 1 aliphatic rings. The van der Waals surface area contributed by atoms with Gasteiger partial charge >= 0.3 is 0 Å². The Labute approximate surface area is 146 Å². The molecule has 1 aromatic heterocycles. The number of nitrogens with one attached hydrogen (secondary N) is 1. The van der Waals surface area contributed by atoms with Crippen molar-refractivity contribution in [2.24, 2.45) is 0 Å². The topological polar surface area (TPSA) is 44.8 Å². The molecule has 0 aliphatic carbocycles. The first-order valence-corrected chi connectivity index (χ1v) is 9.03. The van der Waals surface area contributed by atoms with Gasteiger partial charge in [-0.1, -0.05) is 6.07 Å². The molecule has 2 aromatic rings. The van der Waals surface area contributed by atoms with Crippen LogP contribution in [-0.4, -0.2) is 50.6 Å². The zero-order valence-corrected chi connectivity index (χ0v) is 14.7. The first kappa shape index (κ1) is 16.8. The van der Waals surface area contributed by atoms with Crippen LogP contribution in [0.3, 0.4) is 0 Å². The summed E-state index contributed by atoms with van der Waals surface area (Å²) in [5, 5.41) is 5.02. The molecule has 1 fully saturated rings. The van der Waals surface area contributed by atoms with Gasteiger partial charge in [-0.3, -0.25) is 9.69 Å². The number of ether oxygens (including phenoxy) is 1. The van der Waals surface area contributed by atoms with E-state index in [4.69, 9.17) is 4.74 Å². The van der Waals surface area contributed by atoms with Gasteiger partial charge in [0.1, 0.15) is 5.75 Å². The predicted molar refractivity (Wildman–Crippen MR) is 97.8 cm³/mol. The van der Waals surface area contributed by atoms with E-state index in [0.29, 0.717) is 13.1 Å². The molecule has 1 aromatic carbocycles. The smallest absolute Gasteiger partial charge is 0.234 e. The highest BCUT2D eigenvalue weighted by Gasteiger charge is 2.19. The average molecular weight is 345 g/mol. The van der Waals surface area contributed by atoms with E-state index in [-0.39, 0.29) is 5.91 Å². The van der Waals surface area contributed by atoms with Crippen molar-refractivity contribution in [3.05, 3.63) is 46.7 Å². The molecular weight excluding hydrogens is 322 g/mol. The predicted octanol–water partition coefficient (Wildman–Crippen LogP) is 2.20. The summed E-state index contributed by atoms with van der Waals surface area (Å²) in [5.74, 6) is 0.973. The number of rotatable bonds is 6. The van der Waals surface area contributed by atoms with E-state index in [0.717, 1.165) is 31.9 Å². The maximum Gasteiger partial charge on any atom is 0.234 e. The van der Waals surface area contributed by atoms with Crippen LogP contribution in [0.5, 0.6) is 5.75 Å². The maximum absolute atomic E-state index is 12.1. The van der Waals surface area contributed by atoms with Crippen molar-refractivity contribution >= 4 is 22.9 Å². The molecule has 1 saturated heterocycles. The van der Waals surface area contributed by atoms with E-state index in [1.54, 1.807) is 18.4 Å². The van der Waals surface area contributed by atoms with Crippen LogP contribution in [0.4, 0.5) is 5.69 Å². The van der Waals surface area contributed by atoms with Gasteiger partial charge in [0.2, 0.25) is 5.91 Å². The zero-order chi connectivity index (χ0) is 16.8. The van der Waals surface area contributed by atoms with Crippen molar-refractivity contribution in [2.75, 3.05) is 44.7 Å². The third-order valence-electron chi connectivity index (χ3n) is 4.22. The molecule has 0 unspecified atom stereocenters. The number of thiophene rings is 1. The van der Waals surface area contributed by atoms with Crippen molar-refractivity contribution in [1.29, 1.82) is 0 Å². The average Bonchev–Trinajstić information content (AvgIpc) is 3.14. The Morgan fingerprint density at radius 3 is 2.54 bits per heavy atom. The molecule has 0 radical (unpaired) electrons. The molecule has 6 heteroatoms. The van der Waals surface area contributed by atoms with Crippen molar-refractivity contribution < 1.29 is 9.53 Å². The normalized spacial score (nSPS) is 15.3. The molecule has 24 heavy (non-hydrogen) atoms. The number of carbonyl (C=O) groups is 1. The van der Waals surface area contributed by atoms with E-state index >= 15 is 0 Å². The number of hydrogen-bond donors (Lipinski definition) is 1. The number of nitrogens with zero attached hydrogens (tertiary/aromatic N) is 2. The van der Waals surface area contributed by atoms with Gasteiger partial charge in [0, 0.05) is 36.7 Å². The standard InChI is InChI=1S/C18H23N3O2S/c1-23-16-6-4-15(5-7-16)21-10-8-20(9-11-21)14-18(22)19-13-17-3-2-12-24-17/h2-7,12H,8-11,13-14H2,1H3,(H,19,22). The van der Waals surface area contributed by atoms with Gasteiger partial charge in [0.25, 0.3) is 0 Å². The Morgan fingerprint density at radius 2 is 1.92 bits per heavy atom. The van der Waals surface area contributed by atoms with Crippen LogP contribution in [-0.2, 0) is 11.3 Å². The summed E-state index contributed by atoms with van der Waals surface area (Å²) in [6.07, 6.45) is 0. The lowest BCUT2D eigenvalue weighted by Gasteiger charge is -2.35. The molecule has 5 nitrogen and oxygen atoms in total. The van der Waals surface area contributed by atoms with Gasteiger partial charge in [-0.2, -0.15) is 0 Å². The van der Waals surface area contributed by atoms with Gasteiger partial charge in [0.15, 0.2) is 0 Å². The first-order valence-electron chi connectivity index (χ1n) is 8.15. The van der Waals surface area contributed by atoms with E-state index in [2.05, 4.69) is 27.2 Å². The van der Waals surface area contributed by atoms with Crippen molar-refractivity contribution in [1.82, 2.24) is 10.2 Å². The second-order valence-corrected chi connectivity index (χ2v) is 6.85. The zero-order valence-electron chi connectivity index (χ0n) is 13.9. The lowest BCUT2D eigenvalue weighted by Crippen LogP contribution is -2.49. The fourth-order valence-electron chi connectivity index (χ4n) is 2.82. The number of piperazine rings is 1. The number of anilines is 1. The minimum Gasteiger partial charge on any atom is -0.497 e. The summed E-state index contributed by atoms with van der Waals surface area (Å²) in [7, 11) is 1.68. The lowest BCUT2D eigenvalue weighted by atomic mass is 10.2. The molecule has 1 amide bonds. The molecule has 0 saturated carbocycles. The van der Waals surface area contributed by atoms with Crippen LogP contribution in [0.25, 0.3) is 0 Å². The van der Waals surface area contributed by atoms with E-state index in [1.807, 2.05) is 29.6 Å². The molecule has 0 bridgehead atoms. The highest BCUT2D eigenvalue weighted by Crippen LogP contribution is 2.20. The molecule has 128 valence electrons. The number of hydrogen-bond acceptors (Lipinski definition) is 5. The summed E-state index contributed by atoms with van der Waals surface area (Å²) < 4.78 is 5.20. The lowest BCUT2D eigenvalue weighted by molar-refractivity contribution is -0.122. The van der Waals surface area contributed by atoms with Gasteiger partial charge in [-0.25, -0.2) is 0 Å². The van der Waals surface area contributed by atoms with Crippen LogP contribution >= 0.6 is 11.3 Å². The fraction of sp³-hybridized carbons (Fsp3) is 0.389. The van der Waals surface area contributed by atoms with Gasteiger partial charge in [-0.05, 0) is 35.7 Å². The second-order valence-electron chi connectivity index (χ2n) is 5.82. The maximum atomic E-state index is 12.1. The molecule has 0 atom stereocenters. The Morgan fingerprint density at radius 1 is 1.17 bits per heavy atom. The van der Waals surface area contributed by atoms with Crippen LogP contribution in [0.15, 0.2) is 41.8 Å². The minimum atomic E-state index is 0.0984. The second kappa shape index (κ2) is 8.17. The molecule has 1 aliphatic heterocycles. The minimum absolute atomic E-state index is 0.0984. The van der Waals surface area contributed by atoms with Gasteiger partial charge in [-0.15, -0.1) is 11.3 Å². The van der Waals surface area contributed by atoms with Crippen LogP contribution in [0, 0.1) is 0 Å². The van der Waals surface area contributed by atoms with Crippen molar-refractivity contribution in [3.63, 3.8) is 0 Å². The summed E-state index contributed by atoms with van der Waals surface area (Å²) >= 11 is 1.67. The Balaban J connectivity index is 1.42. The summed E-state index contributed by atoms with van der Waals surface area (Å²) in [5.41, 5.74) is 1.21. The summed E-state index contributed by atoms with van der Waals surface area (Å²) in [6.45, 7) is 4.77. The highest BCUT2D eigenvalue weighted by molar-refractivity contribution is 7.09. The Bertz CT molecular complexity index is 635. The fourth-order valence-corrected chi connectivity index (χ4v) is 3.46. The molecule has 3 rings (SSSR count). The summed E-state index contributed by atoms with van der Waals surface area (Å²) in [6, 6.07) is 12.2.